The van der Waals surface area contributed by atoms with Crippen molar-refractivity contribution < 1.29 is 9.84 Å². The van der Waals surface area contributed by atoms with Crippen molar-refractivity contribution in [3.8, 4) is 5.75 Å². The van der Waals surface area contributed by atoms with Gasteiger partial charge < -0.3 is 9.84 Å². The van der Waals surface area contributed by atoms with Crippen LogP contribution in [0.3, 0.4) is 0 Å². The molecule has 3 rings (SSSR count). The Morgan fingerprint density at radius 2 is 2.28 bits per heavy atom. The fourth-order valence-corrected chi connectivity index (χ4v) is 4.21. The fraction of sp³-hybridized carbons (Fsp3) is 0.625. The number of ether oxygens (including phenoxy) is 1. The van der Waals surface area contributed by atoms with Gasteiger partial charge in [0.15, 0.2) is 0 Å². The lowest BCUT2D eigenvalue weighted by Gasteiger charge is -2.36. The number of hydrogen-bond donors (Lipinski definition) is 1. The molecule has 0 heterocycles. The van der Waals surface area contributed by atoms with Crippen LogP contribution < -0.4 is 4.74 Å². The monoisotopic (exact) mass is 246 g/mol. The zero-order chi connectivity index (χ0) is 12.6. The Morgan fingerprint density at radius 1 is 1.39 bits per heavy atom. The average Bonchev–Trinajstić information content (AvgIpc) is 3.00. The molecule has 0 spiro atoms. The quantitative estimate of drug-likeness (QED) is 0.885. The van der Waals surface area contributed by atoms with E-state index < -0.39 is 0 Å². The van der Waals surface area contributed by atoms with Crippen LogP contribution in [0.15, 0.2) is 24.3 Å². The van der Waals surface area contributed by atoms with E-state index in [0.717, 1.165) is 24.0 Å². The lowest BCUT2D eigenvalue weighted by atomic mass is 9.70. The van der Waals surface area contributed by atoms with E-state index in [4.69, 9.17) is 4.74 Å². The molecule has 2 saturated carbocycles. The SMILES string of the molecule is COc1cccc(CC2(CO)CC3CCC2C3)c1. The van der Waals surface area contributed by atoms with Crippen LogP contribution in [-0.2, 0) is 6.42 Å². The van der Waals surface area contributed by atoms with Crippen molar-refractivity contribution >= 4 is 0 Å². The summed E-state index contributed by atoms with van der Waals surface area (Å²) in [4.78, 5) is 0. The largest absolute Gasteiger partial charge is 0.497 e. The summed E-state index contributed by atoms with van der Waals surface area (Å²) < 4.78 is 5.29. The summed E-state index contributed by atoms with van der Waals surface area (Å²) in [6.45, 7) is 0.339. The lowest BCUT2D eigenvalue weighted by Crippen LogP contribution is -2.34. The van der Waals surface area contributed by atoms with E-state index in [0.29, 0.717) is 6.61 Å². The molecule has 2 fully saturated rings. The molecular weight excluding hydrogens is 224 g/mol. The second-order valence-corrected chi connectivity index (χ2v) is 6.13. The number of benzene rings is 1. The van der Waals surface area contributed by atoms with Gasteiger partial charge in [-0.3, -0.25) is 0 Å². The molecule has 2 heteroatoms. The minimum absolute atomic E-state index is 0.148. The van der Waals surface area contributed by atoms with E-state index in [1.807, 2.05) is 12.1 Å². The maximum atomic E-state index is 9.90. The Morgan fingerprint density at radius 3 is 2.89 bits per heavy atom. The number of methoxy groups -OCH3 is 1. The van der Waals surface area contributed by atoms with Crippen molar-refractivity contribution in [1.29, 1.82) is 0 Å². The van der Waals surface area contributed by atoms with E-state index in [-0.39, 0.29) is 5.41 Å². The van der Waals surface area contributed by atoms with Gasteiger partial charge in [-0.15, -0.1) is 0 Å². The van der Waals surface area contributed by atoms with Crippen LogP contribution in [0.1, 0.15) is 31.2 Å². The summed E-state index contributed by atoms with van der Waals surface area (Å²) in [5.41, 5.74) is 1.45. The van der Waals surface area contributed by atoms with Gasteiger partial charge in [-0.25, -0.2) is 0 Å². The van der Waals surface area contributed by atoms with Crippen LogP contribution in [0.5, 0.6) is 5.75 Å². The molecule has 2 nitrogen and oxygen atoms in total. The third-order valence-electron chi connectivity index (χ3n) is 5.11. The van der Waals surface area contributed by atoms with E-state index in [1.165, 1.54) is 31.2 Å². The van der Waals surface area contributed by atoms with Crippen LogP contribution in [0, 0.1) is 17.3 Å². The van der Waals surface area contributed by atoms with Gasteiger partial charge in [0.05, 0.1) is 7.11 Å². The summed E-state index contributed by atoms with van der Waals surface area (Å²) in [5.74, 6) is 2.52. The van der Waals surface area contributed by atoms with Crippen LogP contribution in [0.25, 0.3) is 0 Å². The van der Waals surface area contributed by atoms with Crippen LogP contribution in [0.2, 0.25) is 0 Å². The molecular formula is C16H22O2. The first-order valence-electron chi connectivity index (χ1n) is 6.99. The normalized spacial score (nSPS) is 33.9. The molecule has 1 aromatic rings. The molecule has 98 valence electrons. The van der Waals surface area contributed by atoms with Gasteiger partial charge in [0, 0.05) is 12.0 Å². The molecule has 0 aromatic heterocycles. The van der Waals surface area contributed by atoms with Crippen LogP contribution >= 0.6 is 0 Å². The Kier molecular flexibility index (Phi) is 3.06. The summed E-state index contributed by atoms with van der Waals surface area (Å²) in [7, 11) is 1.71. The van der Waals surface area contributed by atoms with Gasteiger partial charge in [0.1, 0.15) is 5.75 Å². The molecule has 3 atom stereocenters. The van der Waals surface area contributed by atoms with Crippen molar-refractivity contribution in [2.45, 2.75) is 32.1 Å². The highest BCUT2D eigenvalue weighted by Crippen LogP contribution is 2.57. The number of hydrogen-bond acceptors (Lipinski definition) is 2. The van der Waals surface area contributed by atoms with Crippen molar-refractivity contribution in [1.82, 2.24) is 0 Å². The lowest BCUT2D eigenvalue weighted by molar-refractivity contribution is 0.0651. The van der Waals surface area contributed by atoms with Gasteiger partial charge in [-0.05, 0) is 55.2 Å². The van der Waals surface area contributed by atoms with Crippen molar-refractivity contribution in [2.75, 3.05) is 13.7 Å². The van der Waals surface area contributed by atoms with E-state index in [9.17, 15) is 5.11 Å². The smallest absolute Gasteiger partial charge is 0.119 e. The highest BCUT2D eigenvalue weighted by Gasteiger charge is 2.50. The third kappa shape index (κ3) is 1.93. The minimum Gasteiger partial charge on any atom is -0.497 e. The molecule has 0 saturated heterocycles. The standard InChI is InChI=1S/C16H22O2/c1-18-15-4-2-3-12(8-15)9-16(11-17)10-13-5-6-14(16)7-13/h2-4,8,13-14,17H,5-7,9-11H2,1H3. The summed E-state index contributed by atoms with van der Waals surface area (Å²) in [6.07, 6.45) is 6.25. The van der Waals surface area contributed by atoms with Crippen molar-refractivity contribution in [2.24, 2.45) is 17.3 Å². The summed E-state index contributed by atoms with van der Waals surface area (Å²) in [5, 5.41) is 9.90. The van der Waals surface area contributed by atoms with E-state index in [2.05, 4.69) is 12.1 Å². The maximum absolute atomic E-state index is 9.90. The highest BCUT2D eigenvalue weighted by molar-refractivity contribution is 5.29. The topological polar surface area (TPSA) is 29.5 Å². The van der Waals surface area contributed by atoms with Crippen molar-refractivity contribution in [3.05, 3.63) is 29.8 Å². The second kappa shape index (κ2) is 4.58. The Bertz CT molecular complexity index is 429. The zero-order valence-electron chi connectivity index (χ0n) is 11.1. The molecule has 1 aromatic carbocycles. The van der Waals surface area contributed by atoms with Gasteiger partial charge >= 0.3 is 0 Å². The first kappa shape index (κ1) is 12.0. The van der Waals surface area contributed by atoms with E-state index >= 15 is 0 Å². The number of rotatable bonds is 4. The predicted octanol–water partition coefficient (Wildman–Crippen LogP) is 3.04. The van der Waals surface area contributed by atoms with Crippen LogP contribution in [0.4, 0.5) is 0 Å². The molecule has 0 amide bonds. The average molecular weight is 246 g/mol. The summed E-state index contributed by atoms with van der Waals surface area (Å²) in [6, 6.07) is 8.30. The number of fused-ring (bicyclic) bond motifs is 2. The molecule has 2 aliphatic carbocycles. The molecule has 0 aliphatic heterocycles. The van der Waals surface area contributed by atoms with Gasteiger partial charge in [0.2, 0.25) is 0 Å². The fourth-order valence-electron chi connectivity index (χ4n) is 4.21. The molecule has 0 radical (unpaired) electrons. The first-order chi connectivity index (χ1) is 8.75. The predicted molar refractivity (Wildman–Crippen MR) is 71.7 cm³/mol. The molecule has 18 heavy (non-hydrogen) atoms. The second-order valence-electron chi connectivity index (χ2n) is 6.13. The zero-order valence-corrected chi connectivity index (χ0v) is 11.1. The Balaban J connectivity index is 1.81. The number of aliphatic hydroxyl groups is 1. The van der Waals surface area contributed by atoms with Gasteiger partial charge in [-0.2, -0.15) is 0 Å². The molecule has 2 aliphatic rings. The molecule has 3 unspecified atom stereocenters. The van der Waals surface area contributed by atoms with Crippen LogP contribution in [-0.4, -0.2) is 18.8 Å². The molecule has 2 bridgehead atoms. The maximum Gasteiger partial charge on any atom is 0.119 e. The third-order valence-corrected chi connectivity index (χ3v) is 5.11. The first-order valence-corrected chi connectivity index (χ1v) is 6.99. The van der Waals surface area contributed by atoms with Crippen molar-refractivity contribution in [3.63, 3.8) is 0 Å². The minimum atomic E-state index is 0.148. The van der Waals surface area contributed by atoms with Gasteiger partial charge in [0.25, 0.3) is 0 Å². The Labute approximate surface area is 109 Å². The van der Waals surface area contributed by atoms with E-state index in [1.54, 1.807) is 7.11 Å². The van der Waals surface area contributed by atoms with Gasteiger partial charge in [-0.1, -0.05) is 18.6 Å². The highest BCUT2D eigenvalue weighted by atomic mass is 16.5. The Hall–Kier alpha value is -1.02. The molecule has 1 N–H and O–H groups in total. The number of aliphatic hydroxyl groups excluding tert-OH is 1. The summed E-state index contributed by atoms with van der Waals surface area (Å²) >= 11 is 0.